The molecule has 1 N–H and O–H groups in total. The van der Waals surface area contributed by atoms with Crippen LogP contribution in [-0.4, -0.2) is 24.1 Å². The Labute approximate surface area is 134 Å². The molecular weight excluding hydrogens is 278 g/mol. The van der Waals surface area contributed by atoms with E-state index >= 15 is 0 Å². The molecule has 0 aromatic carbocycles. The van der Waals surface area contributed by atoms with Crippen LogP contribution in [0.4, 0.5) is 5.13 Å². The first kappa shape index (κ1) is 16.8. The van der Waals surface area contributed by atoms with E-state index in [2.05, 4.69) is 37.9 Å². The van der Waals surface area contributed by atoms with Gasteiger partial charge in [0.25, 0.3) is 0 Å². The number of rotatable bonds is 8. The maximum atomic E-state index is 5.03. The summed E-state index contributed by atoms with van der Waals surface area (Å²) in [5.41, 5.74) is 1.34. The summed E-state index contributed by atoms with van der Waals surface area (Å²) in [7, 11) is 0. The minimum atomic E-state index is 0.480. The summed E-state index contributed by atoms with van der Waals surface area (Å²) in [5.74, 6) is 0. The lowest BCUT2D eigenvalue weighted by molar-refractivity contribution is 0.465. The number of hydrogen-bond donors (Lipinski definition) is 1. The van der Waals surface area contributed by atoms with Gasteiger partial charge in [-0.05, 0) is 46.1 Å². The highest BCUT2D eigenvalue weighted by molar-refractivity contribution is 7.15. The number of hydrogen-bond acceptors (Lipinski definition) is 4. The van der Waals surface area contributed by atoms with Crippen LogP contribution in [-0.2, 0) is 6.42 Å². The Balaban J connectivity index is 2.14. The van der Waals surface area contributed by atoms with E-state index in [1.807, 2.05) is 11.3 Å². The van der Waals surface area contributed by atoms with E-state index in [-0.39, 0.29) is 0 Å². The Bertz CT molecular complexity index is 428. The third-order valence-corrected chi connectivity index (χ3v) is 5.43. The molecule has 1 unspecified atom stereocenters. The van der Waals surface area contributed by atoms with E-state index in [1.54, 1.807) is 0 Å². The monoisotopic (exact) mass is 309 g/mol. The van der Waals surface area contributed by atoms with Gasteiger partial charge in [-0.25, -0.2) is 4.98 Å². The van der Waals surface area contributed by atoms with Gasteiger partial charge in [0.1, 0.15) is 0 Å². The number of fused-ring (bicyclic) bond motifs is 1. The van der Waals surface area contributed by atoms with Gasteiger partial charge in [-0.2, -0.15) is 0 Å². The predicted octanol–water partition coefficient (Wildman–Crippen LogP) is 4.54. The molecule has 3 nitrogen and oxygen atoms in total. The minimum absolute atomic E-state index is 0.480. The van der Waals surface area contributed by atoms with Crippen molar-refractivity contribution in [3.8, 4) is 0 Å². The third kappa shape index (κ3) is 4.19. The van der Waals surface area contributed by atoms with Crippen molar-refractivity contribution in [2.24, 2.45) is 0 Å². The van der Waals surface area contributed by atoms with Crippen molar-refractivity contribution in [1.82, 2.24) is 10.3 Å². The molecule has 1 aliphatic rings. The van der Waals surface area contributed by atoms with E-state index in [9.17, 15) is 0 Å². The molecule has 1 aromatic rings. The zero-order valence-corrected chi connectivity index (χ0v) is 14.9. The summed E-state index contributed by atoms with van der Waals surface area (Å²) in [4.78, 5) is 9.05. The molecule has 0 amide bonds. The smallest absolute Gasteiger partial charge is 0.186 e. The Morgan fingerprint density at radius 3 is 2.81 bits per heavy atom. The maximum absolute atomic E-state index is 5.03. The zero-order valence-electron chi connectivity index (χ0n) is 14.1. The molecule has 120 valence electrons. The van der Waals surface area contributed by atoms with Crippen molar-refractivity contribution < 1.29 is 0 Å². The van der Waals surface area contributed by atoms with Crippen LogP contribution in [0.15, 0.2) is 0 Å². The minimum Gasteiger partial charge on any atom is -0.346 e. The first-order valence-corrected chi connectivity index (χ1v) is 9.48. The normalized spacial score (nSPS) is 18.0. The summed E-state index contributed by atoms with van der Waals surface area (Å²) in [6.45, 7) is 11.2. The van der Waals surface area contributed by atoms with E-state index in [1.165, 1.54) is 54.2 Å². The summed E-state index contributed by atoms with van der Waals surface area (Å²) < 4.78 is 0. The highest BCUT2D eigenvalue weighted by Crippen LogP contribution is 2.37. The van der Waals surface area contributed by atoms with Crippen molar-refractivity contribution in [3.63, 3.8) is 0 Å². The van der Waals surface area contributed by atoms with Gasteiger partial charge >= 0.3 is 0 Å². The molecule has 4 heteroatoms. The van der Waals surface area contributed by atoms with Gasteiger partial charge < -0.3 is 10.2 Å². The molecule has 1 aromatic heterocycles. The highest BCUT2D eigenvalue weighted by Gasteiger charge is 2.26. The SMILES string of the molecule is CCCCCN(c1nc2c(s1)CCCC2NCC)C(C)C. The number of anilines is 1. The molecule has 1 heterocycles. The van der Waals surface area contributed by atoms with E-state index < -0.39 is 0 Å². The topological polar surface area (TPSA) is 28.2 Å². The van der Waals surface area contributed by atoms with Crippen LogP contribution in [0, 0.1) is 0 Å². The molecule has 0 fully saturated rings. The number of thiazole rings is 1. The van der Waals surface area contributed by atoms with Crippen molar-refractivity contribution >= 4 is 16.5 Å². The Morgan fingerprint density at radius 2 is 2.14 bits per heavy atom. The van der Waals surface area contributed by atoms with Crippen molar-refractivity contribution in [3.05, 3.63) is 10.6 Å². The fourth-order valence-electron chi connectivity index (χ4n) is 3.08. The average Bonchev–Trinajstić information content (AvgIpc) is 2.88. The number of aromatic nitrogens is 1. The van der Waals surface area contributed by atoms with Gasteiger partial charge in [-0.15, -0.1) is 11.3 Å². The van der Waals surface area contributed by atoms with Crippen LogP contribution in [0.25, 0.3) is 0 Å². The zero-order chi connectivity index (χ0) is 15.2. The van der Waals surface area contributed by atoms with Crippen LogP contribution in [0.1, 0.15) is 76.4 Å². The standard InChI is InChI=1S/C17H31N3S/c1-5-7-8-12-20(13(3)4)17-19-16-14(18-6-2)10-9-11-15(16)21-17/h13-14,18H,5-12H2,1-4H3. The molecule has 0 radical (unpaired) electrons. The highest BCUT2D eigenvalue weighted by atomic mass is 32.1. The fraction of sp³-hybridized carbons (Fsp3) is 0.824. The van der Waals surface area contributed by atoms with Crippen LogP contribution in [0.3, 0.4) is 0 Å². The lowest BCUT2D eigenvalue weighted by Crippen LogP contribution is -2.31. The second-order valence-electron chi connectivity index (χ2n) is 6.30. The van der Waals surface area contributed by atoms with Gasteiger partial charge in [0, 0.05) is 17.5 Å². The van der Waals surface area contributed by atoms with Crippen molar-refractivity contribution in [1.29, 1.82) is 0 Å². The maximum Gasteiger partial charge on any atom is 0.186 e. The number of nitrogens with zero attached hydrogens (tertiary/aromatic N) is 2. The van der Waals surface area contributed by atoms with Crippen LogP contribution >= 0.6 is 11.3 Å². The molecule has 0 saturated carbocycles. The molecule has 0 aliphatic heterocycles. The second-order valence-corrected chi connectivity index (χ2v) is 7.36. The van der Waals surface area contributed by atoms with E-state index in [0.29, 0.717) is 12.1 Å². The number of aryl methyl sites for hydroxylation is 1. The summed E-state index contributed by atoms with van der Waals surface area (Å²) in [6.07, 6.45) is 7.62. The molecular formula is C17H31N3S. The van der Waals surface area contributed by atoms with E-state index in [0.717, 1.165) is 13.1 Å². The van der Waals surface area contributed by atoms with Crippen molar-refractivity contribution in [2.45, 2.75) is 78.3 Å². The van der Waals surface area contributed by atoms with Crippen LogP contribution in [0.5, 0.6) is 0 Å². The molecule has 0 spiro atoms. The van der Waals surface area contributed by atoms with Gasteiger partial charge in [0.15, 0.2) is 5.13 Å². The predicted molar refractivity (Wildman–Crippen MR) is 93.5 cm³/mol. The molecule has 21 heavy (non-hydrogen) atoms. The second kappa shape index (κ2) is 8.14. The lowest BCUT2D eigenvalue weighted by atomic mass is 9.98. The quantitative estimate of drug-likeness (QED) is 0.715. The first-order valence-electron chi connectivity index (χ1n) is 8.67. The largest absolute Gasteiger partial charge is 0.346 e. The number of unbranched alkanes of at least 4 members (excludes halogenated alkanes) is 2. The molecule has 0 saturated heterocycles. The Kier molecular flexibility index (Phi) is 6.49. The fourth-order valence-corrected chi connectivity index (χ4v) is 4.40. The van der Waals surface area contributed by atoms with Gasteiger partial charge in [0.2, 0.25) is 0 Å². The van der Waals surface area contributed by atoms with Crippen molar-refractivity contribution in [2.75, 3.05) is 18.0 Å². The van der Waals surface area contributed by atoms with Crippen LogP contribution in [0.2, 0.25) is 0 Å². The Hall–Kier alpha value is -0.610. The molecule has 1 atom stereocenters. The summed E-state index contributed by atoms with van der Waals surface area (Å²) in [6, 6.07) is 1.01. The van der Waals surface area contributed by atoms with Crippen LogP contribution < -0.4 is 10.2 Å². The summed E-state index contributed by atoms with van der Waals surface area (Å²) in [5, 5.41) is 4.85. The lowest BCUT2D eigenvalue weighted by Gasteiger charge is -2.26. The molecule has 1 aliphatic carbocycles. The molecule has 0 bridgehead atoms. The summed E-state index contributed by atoms with van der Waals surface area (Å²) >= 11 is 1.93. The first-order chi connectivity index (χ1) is 10.2. The molecule has 2 rings (SSSR count). The third-order valence-electron chi connectivity index (χ3n) is 4.27. The van der Waals surface area contributed by atoms with Gasteiger partial charge in [-0.1, -0.05) is 26.7 Å². The Morgan fingerprint density at radius 1 is 1.33 bits per heavy atom. The average molecular weight is 310 g/mol. The number of nitrogens with one attached hydrogen (secondary N) is 1. The van der Waals surface area contributed by atoms with Gasteiger partial charge in [-0.3, -0.25) is 0 Å². The van der Waals surface area contributed by atoms with Gasteiger partial charge in [0.05, 0.1) is 11.7 Å². The van der Waals surface area contributed by atoms with E-state index in [4.69, 9.17) is 4.98 Å².